The second-order valence-electron chi connectivity index (χ2n) is 5.48. The first-order valence-corrected chi connectivity index (χ1v) is 7.83. The SMILES string of the molecule is CCC(C)NC(=O)CCNCC(O)COCCOC(C)C. The van der Waals surface area contributed by atoms with E-state index in [-0.39, 0.29) is 24.7 Å². The van der Waals surface area contributed by atoms with Gasteiger partial charge in [-0.15, -0.1) is 0 Å². The van der Waals surface area contributed by atoms with Crippen molar-refractivity contribution in [3.05, 3.63) is 0 Å². The Balaban J connectivity index is 3.41. The maximum atomic E-state index is 11.5. The highest BCUT2D eigenvalue weighted by atomic mass is 16.5. The smallest absolute Gasteiger partial charge is 0.221 e. The quantitative estimate of drug-likeness (QED) is 0.436. The first kappa shape index (κ1) is 20.3. The van der Waals surface area contributed by atoms with Crippen molar-refractivity contribution in [2.45, 2.75) is 58.8 Å². The summed E-state index contributed by atoms with van der Waals surface area (Å²) < 4.78 is 10.6. The molecule has 0 aliphatic heterocycles. The number of carbonyl (C=O) groups excluding carboxylic acids is 1. The zero-order valence-corrected chi connectivity index (χ0v) is 13.9. The van der Waals surface area contributed by atoms with Gasteiger partial charge in [0.1, 0.15) is 0 Å². The van der Waals surface area contributed by atoms with Crippen molar-refractivity contribution in [2.75, 3.05) is 32.9 Å². The minimum absolute atomic E-state index is 0.0356. The summed E-state index contributed by atoms with van der Waals surface area (Å²) in [7, 11) is 0. The molecule has 0 rings (SSSR count). The Morgan fingerprint density at radius 2 is 1.95 bits per heavy atom. The third kappa shape index (κ3) is 14.0. The van der Waals surface area contributed by atoms with Crippen LogP contribution in [-0.2, 0) is 14.3 Å². The minimum Gasteiger partial charge on any atom is -0.389 e. The Morgan fingerprint density at radius 1 is 1.24 bits per heavy atom. The lowest BCUT2D eigenvalue weighted by molar-refractivity contribution is -0.121. The molecule has 0 aromatic carbocycles. The van der Waals surface area contributed by atoms with Crippen LogP contribution in [0.3, 0.4) is 0 Å². The summed E-state index contributed by atoms with van der Waals surface area (Å²) in [5, 5.41) is 15.6. The predicted octanol–water partition coefficient (Wildman–Crippen LogP) is 0.683. The molecule has 2 atom stereocenters. The monoisotopic (exact) mass is 304 g/mol. The van der Waals surface area contributed by atoms with Crippen molar-refractivity contribution in [1.82, 2.24) is 10.6 Å². The van der Waals surface area contributed by atoms with E-state index in [1.807, 2.05) is 27.7 Å². The van der Waals surface area contributed by atoms with E-state index in [1.54, 1.807) is 0 Å². The molecule has 0 spiro atoms. The zero-order chi connectivity index (χ0) is 16.1. The highest BCUT2D eigenvalue weighted by Crippen LogP contribution is 1.91. The molecule has 0 aliphatic carbocycles. The fourth-order valence-corrected chi connectivity index (χ4v) is 1.54. The molecule has 0 saturated heterocycles. The summed E-state index contributed by atoms with van der Waals surface area (Å²) in [4.78, 5) is 11.5. The minimum atomic E-state index is -0.568. The molecule has 0 heterocycles. The maximum Gasteiger partial charge on any atom is 0.221 e. The molecule has 0 fully saturated rings. The first-order valence-electron chi connectivity index (χ1n) is 7.83. The Kier molecular flexibility index (Phi) is 12.6. The molecule has 2 unspecified atom stereocenters. The number of ether oxygens (including phenoxy) is 2. The number of hydrogen-bond donors (Lipinski definition) is 3. The second-order valence-corrected chi connectivity index (χ2v) is 5.48. The van der Waals surface area contributed by atoms with Crippen LogP contribution in [0.1, 0.15) is 40.5 Å². The normalized spacial score (nSPS) is 14.2. The fraction of sp³-hybridized carbons (Fsp3) is 0.933. The number of aliphatic hydroxyl groups is 1. The molecule has 6 heteroatoms. The number of nitrogens with one attached hydrogen (secondary N) is 2. The highest BCUT2D eigenvalue weighted by molar-refractivity contribution is 5.76. The Morgan fingerprint density at radius 3 is 2.57 bits per heavy atom. The van der Waals surface area contributed by atoms with Crippen molar-refractivity contribution in [3.63, 3.8) is 0 Å². The average Bonchev–Trinajstić information content (AvgIpc) is 2.42. The average molecular weight is 304 g/mol. The third-order valence-corrected chi connectivity index (χ3v) is 2.92. The standard InChI is InChI=1S/C15H32N2O4/c1-5-13(4)17-15(19)6-7-16-10-14(18)11-20-8-9-21-12(2)3/h12-14,16,18H,5-11H2,1-4H3,(H,17,19). The fourth-order valence-electron chi connectivity index (χ4n) is 1.54. The lowest BCUT2D eigenvalue weighted by Crippen LogP contribution is -2.36. The predicted molar refractivity (Wildman–Crippen MR) is 83.3 cm³/mol. The lowest BCUT2D eigenvalue weighted by Gasteiger charge is -2.14. The van der Waals surface area contributed by atoms with Gasteiger partial charge in [-0.2, -0.15) is 0 Å². The van der Waals surface area contributed by atoms with Crippen LogP contribution >= 0.6 is 0 Å². The van der Waals surface area contributed by atoms with Crippen molar-refractivity contribution in [2.24, 2.45) is 0 Å². The molecule has 0 aromatic heterocycles. The van der Waals surface area contributed by atoms with E-state index < -0.39 is 6.10 Å². The summed E-state index contributed by atoms with van der Waals surface area (Å²) in [6, 6.07) is 0.213. The van der Waals surface area contributed by atoms with Gasteiger partial charge in [-0.25, -0.2) is 0 Å². The number of rotatable bonds is 13. The number of amides is 1. The number of aliphatic hydroxyl groups excluding tert-OH is 1. The molecule has 1 amide bonds. The van der Waals surface area contributed by atoms with Crippen LogP contribution < -0.4 is 10.6 Å². The van der Waals surface area contributed by atoms with Crippen molar-refractivity contribution in [1.29, 1.82) is 0 Å². The molecule has 6 nitrogen and oxygen atoms in total. The van der Waals surface area contributed by atoms with Crippen molar-refractivity contribution in [3.8, 4) is 0 Å². The molecule has 126 valence electrons. The maximum absolute atomic E-state index is 11.5. The van der Waals surface area contributed by atoms with Crippen LogP contribution in [0, 0.1) is 0 Å². The van der Waals surface area contributed by atoms with Crippen LogP contribution in [0.2, 0.25) is 0 Å². The second kappa shape index (κ2) is 13.0. The topological polar surface area (TPSA) is 79.8 Å². The van der Waals surface area contributed by atoms with E-state index in [0.29, 0.717) is 32.7 Å². The van der Waals surface area contributed by atoms with Gasteiger partial charge >= 0.3 is 0 Å². The van der Waals surface area contributed by atoms with Gasteiger partial charge in [-0.1, -0.05) is 6.92 Å². The molecular formula is C15H32N2O4. The van der Waals surface area contributed by atoms with Crippen LogP contribution in [0.15, 0.2) is 0 Å². The van der Waals surface area contributed by atoms with Gasteiger partial charge in [0.2, 0.25) is 5.91 Å². The van der Waals surface area contributed by atoms with Gasteiger partial charge in [0.05, 0.1) is 32.0 Å². The van der Waals surface area contributed by atoms with Crippen LogP contribution in [0.25, 0.3) is 0 Å². The van der Waals surface area contributed by atoms with Crippen LogP contribution in [-0.4, -0.2) is 62.2 Å². The van der Waals surface area contributed by atoms with E-state index in [4.69, 9.17) is 9.47 Å². The highest BCUT2D eigenvalue weighted by Gasteiger charge is 2.07. The van der Waals surface area contributed by atoms with Crippen molar-refractivity contribution < 1.29 is 19.4 Å². The summed E-state index contributed by atoms with van der Waals surface area (Å²) in [5.41, 5.74) is 0. The summed E-state index contributed by atoms with van der Waals surface area (Å²) in [6.07, 6.45) is 0.971. The van der Waals surface area contributed by atoms with Crippen LogP contribution in [0.5, 0.6) is 0 Å². The van der Waals surface area contributed by atoms with Crippen LogP contribution in [0.4, 0.5) is 0 Å². The van der Waals surface area contributed by atoms with E-state index in [1.165, 1.54) is 0 Å². The Labute approximate surface area is 128 Å². The van der Waals surface area contributed by atoms with Gasteiger partial charge in [-0.3, -0.25) is 4.79 Å². The van der Waals surface area contributed by atoms with Gasteiger partial charge in [0.15, 0.2) is 0 Å². The third-order valence-electron chi connectivity index (χ3n) is 2.92. The van der Waals surface area contributed by atoms with Crippen molar-refractivity contribution >= 4 is 5.91 Å². The summed E-state index contributed by atoms with van der Waals surface area (Å²) in [6.45, 7) is 10.2. The first-order chi connectivity index (χ1) is 9.95. The van der Waals surface area contributed by atoms with Gasteiger partial charge in [-0.05, 0) is 27.2 Å². The number of hydrogen-bond acceptors (Lipinski definition) is 5. The van der Waals surface area contributed by atoms with Gasteiger partial charge in [0.25, 0.3) is 0 Å². The largest absolute Gasteiger partial charge is 0.389 e. The summed E-state index contributed by atoms with van der Waals surface area (Å²) >= 11 is 0. The molecule has 0 aliphatic rings. The van der Waals surface area contributed by atoms with E-state index in [9.17, 15) is 9.90 Å². The lowest BCUT2D eigenvalue weighted by atomic mass is 10.2. The summed E-state index contributed by atoms with van der Waals surface area (Å²) in [5.74, 6) is 0.0356. The molecule has 0 aromatic rings. The molecule has 0 saturated carbocycles. The Hall–Kier alpha value is -0.690. The van der Waals surface area contributed by atoms with E-state index in [2.05, 4.69) is 10.6 Å². The van der Waals surface area contributed by atoms with E-state index in [0.717, 1.165) is 6.42 Å². The van der Waals surface area contributed by atoms with Gasteiger partial charge in [0, 0.05) is 25.6 Å². The van der Waals surface area contributed by atoms with Gasteiger partial charge < -0.3 is 25.2 Å². The molecule has 0 bridgehead atoms. The Bertz CT molecular complexity index is 262. The molecular weight excluding hydrogens is 272 g/mol. The molecule has 21 heavy (non-hydrogen) atoms. The molecule has 0 radical (unpaired) electrons. The van der Waals surface area contributed by atoms with E-state index >= 15 is 0 Å². The number of carbonyl (C=O) groups is 1. The molecule has 3 N–H and O–H groups in total. The zero-order valence-electron chi connectivity index (χ0n) is 13.9.